The molecule has 1 fully saturated rings. The Bertz CT molecular complexity index is 566. The van der Waals surface area contributed by atoms with Crippen LogP contribution in [0.15, 0.2) is 36.4 Å². The highest BCUT2D eigenvalue weighted by Crippen LogP contribution is 2.41. The number of rotatable bonds is 6. The zero-order chi connectivity index (χ0) is 16.2. The summed E-state index contributed by atoms with van der Waals surface area (Å²) >= 11 is 0. The van der Waals surface area contributed by atoms with Crippen molar-refractivity contribution in [3.05, 3.63) is 42.0 Å². The molecule has 2 amide bonds. The molecule has 2 aliphatic rings. The first kappa shape index (κ1) is 15.9. The second-order valence-corrected chi connectivity index (χ2v) is 6.38. The predicted octanol–water partition coefficient (Wildman–Crippen LogP) is 2.38. The third kappa shape index (κ3) is 4.05. The number of benzene rings is 1. The minimum Gasteiger partial charge on any atom is -0.497 e. The zero-order valence-corrected chi connectivity index (χ0v) is 13.4. The summed E-state index contributed by atoms with van der Waals surface area (Å²) < 4.78 is 5.19. The van der Waals surface area contributed by atoms with Crippen molar-refractivity contribution in [1.29, 1.82) is 0 Å². The lowest BCUT2D eigenvalue weighted by Crippen LogP contribution is -2.43. The summed E-state index contributed by atoms with van der Waals surface area (Å²) in [5, 5.41) is 15.2. The third-order valence-electron chi connectivity index (χ3n) is 4.58. The number of amides is 2. The van der Waals surface area contributed by atoms with Crippen LogP contribution in [0.25, 0.3) is 0 Å². The highest BCUT2D eigenvalue weighted by molar-refractivity contribution is 5.75. The Hall–Kier alpha value is -2.01. The van der Waals surface area contributed by atoms with Crippen LogP contribution in [0.3, 0.4) is 0 Å². The molecule has 5 heteroatoms. The molecule has 5 nitrogen and oxygen atoms in total. The number of hydrogen-bond acceptors (Lipinski definition) is 3. The fraction of sp³-hybridized carbons (Fsp3) is 0.500. The fourth-order valence-electron chi connectivity index (χ4n) is 3.08. The van der Waals surface area contributed by atoms with Crippen molar-refractivity contribution >= 4 is 6.03 Å². The first-order chi connectivity index (χ1) is 11.2. The van der Waals surface area contributed by atoms with Gasteiger partial charge in [0.2, 0.25) is 0 Å². The van der Waals surface area contributed by atoms with Crippen molar-refractivity contribution in [2.75, 3.05) is 13.7 Å². The van der Waals surface area contributed by atoms with Crippen LogP contribution in [0.1, 0.15) is 30.9 Å². The predicted molar refractivity (Wildman–Crippen MR) is 88.2 cm³/mol. The lowest BCUT2D eigenvalue weighted by Gasteiger charge is -2.21. The molecule has 0 radical (unpaired) electrons. The Morgan fingerprint density at radius 3 is 2.61 bits per heavy atom. The Morgan fingerprint density at radius 2 is 2.04 bits per heavy atom. The van der Waals surface area contributed by atoms with Gasteiger partial charge in [-0.2, -0.15) is 0 Å². The summed E-state index contributed by atoms with van der Waals surface area (Å²) in [5.41, 5.74) is 1.11. The van der Waals surface area contributed by atoms with E-state index in [-0.39, 0.29) is 30.6 Å². The fourth-order valence-corrected chi connectivity index (χ4v) is 3.08. The van der Waals surface area contributed by atoms with Gasteiger partial charge in [-0.3, -0.25) is 0 Å². The number of aliphatic hydroxyl groups excluding tert-OH is 1. The Balaban J connectivity index is 1.59. The van der Waals surface area contributed by atoms with Gasteiger partial charge >= 0.3 is 6.03 Å². The van der Waals surface area contributed by atoms with Crippen molar-refractivity contribution in [3.8, 4) is 5.75 Å². The Morgan fingerprint density at radius 1 is 1.30 bits per heavy atom. The highest BCUT2D eigenvalue weighted by atomic mass is 16.5. The molecule has 3 rings (SSSR count). The molecule has 1 saturated carbocycles. The van der Waals surface area contributed by atoms with Gasteiger partial charge < -0.3 is 20.5 Å². The first-order valence-corrected chi connectivity index (χ1v) is 8.19. The average Bonchev–Trinajstić information content (AvgIpc) is 3.32. The maximum Gasteiger partial charge on any atom is 0.315 e. The van der Waals surface area contributed by atoms with Crippen LogP contribution in [0.4, 0.5) is 4.79 Å². The molecule has 124 valence electrons. The molecule has 0 aromatic heterocycles. The topological polar surface area (TPSA) is 70.6 Å². The molecule has 23 heavy (non-hydrogen) atoms. The molecule has 0 bridgehead atoms. The summed E-state index contributed by atoms with van der Waals surface area (Å²) in [4.78, 5) is 12.3. The molecular formula is C18H24N2O3. The third-order valence-corrected chi connectivity index (χ3v) is 4.58. The van der Waals surface area contributed by atoms with E-state index in [4.69, 9.17) is 9.84 Å². The van der Waals surface area contributed by atoms with Crippen LogP contribution in [0.2, 0.25) is 0 Å². The van der Waals surface area contributed by atoms with Gasteiger partial charge in [-0.05, 0) is 42.9 Å². The summed E-state index contributed by atoms with van der Waals surface area (Å²) in [6, 6.07) is 7.78. The van der Waals surface area contributed by atoms with Gasteiger partial charge in [0.1, 0.15) is 5.75 Å². The van der Waals surface area contributed by atoms with E-state index in [0.29, 0.717) is 5.92 Å². The SMILES string of the molecule is COc1ccc(C(NC(=O)N[C@@H]2C=C[C@H](CO)C2)C2CC2)cc1. The summed E-state index contributed by atoms with van der Waals surface area (Å²) in [6.45, 7) is 0.132. The monoisotopic (exact) mass is 316 g/mol. The summed E-state index contributed by atoms with van der Waals surface area (Å²) in [7, 11) is 1.65. The van der Waals surface area contributed by atoms with E-state index in [0.717, 1.165) is 30.6 Å². The van der Waals surface area contributed by atoms with Gasteiger partial charge in [0.25, 0.3) is 0 Å². The molecule has 1 aromatic carbocycles. The van der Waals surface area contributed by atoms with Gasteiger partial charge in [-0.1, -0.05) is 24.3 Å². The zero-order valence-electron chi connectivity index (χ0n) is 13.4. The molecule has 1 unspecified atom stereocenters. The Kier molecular flexibility index (Phi) is 4.86. The van der Waals surface area contributed by atoms with E-state index in [1.807, 2.05) is 36.4 Å². The molecule has 3 N–H and O–H groups in total. The van der Waals surface area contributed by atoms with Crippen molar-refractivity contribution in [2.45, 2.75) is 31.3 Å². The van der Waals surface area contributed by atoms with Crippen LogP contribution >= 0.6 is 0 Å². The van der Waals surface area contributed by atoms with Gasteiger partial charge in [-0.25, -0.2) is 4.79 Å². The molecule has 0 heterocycles. The van der Waals surface area contributed by atoms with E-state index >= 15 is 0 Å². The molecule has 0 aliphatic heterocycles. The lowest BCUT2D eigenvalue weighted by atomic mass is 10.0. The highest BCUT2D eigenvalue weighted by Gasteiger charge is 2.33. The number of hydrogen-bond donors (Lipinski definition) is 3. The van der Waals surface area contributed by atoms with Gasteiger partial charge in [0, 0.05) is 18.6 Å². The minimum atomic E-state index is -0.147. The van der Waals surface area contributed by atoms with Crippen LogP contribution in [-0.4, -0.2) is 30.9 Å². The van der Waals surface area contributed by atoms with Crippen molar-refractivity contribution in [1.82, 2.24) is 10.6 Å². The summed E-state index contributed by atoms with van der Waals surface area (Å²) in [6.07, 6.45) is 6.98. The van der Waals surface area contributed by atoms with Crippen molar-refractivity contribution < 1.29 is 14.6 Å². The van der Waals surface area contributed by atoms with Gasteiger partial charge in [-0.15, -0.1) is 0 Å². The number of urea groups is 1. The van der Waals surface area contributed by atoms with Crippen molar-refractivity contribution in [3.63, 3.8) is 0 Å². The molecule has 0 spiro atoms. The van der Waals surface area contributed by atoms with Crippen molar-refractivity contribution in [2.24, 2.45) is 11.8 Å². The maximum atomic E-state index is 12.3. The number of methoxy groups -OCH3 is 1. The number of nitrogens with one attached hydrogen (secondary N) is 2. The average molecular weight is 316 g/mol. The van der Waals surface area contributed by atoms with E-state index in [1.54, 1.807) is 7.11 Å². The quantitative estimate of drug-likeness (QED) is 0.706. The van der Waals surface area contributed by atoms with Crippen LogP contribution < -0.4 is 15.4 Å². The number of ether oxygens (including phenoxy) is 1. The van der Waals surface area contributed by atoms with E-state index in [1.165, 1.54) is 0 Å². The van der Waals surface area contributed by atoms with Gasteiger partial charge in [0.05, 0.1) is 13.2 Å². The maximum absolute atomic E-state index is 12.3. The Labute approximate surface area is 136 Å². The van der Waals surface area contributed by atoms with E-state index < -0.39 is 0 Å². The van der Waals surface area contributed by atoms with Crippen LogP contribution in [-0.2, 0) is 0 Å². The number of carbonyl (C=O) groups is 1. The second-order valence-electron chi connectivity index (χ2n) is 6.38. The second kappa shape index (κ2) is 7.04. The molecule has 2 aliphatic carbocycles. The largest absolute Gasteiger partial charge is 0.497 e. The van der Waals surface area contributed by atoms with Crippen LogP contribution in [0.5, 0.6) is 5.75 Å². The lowest BCUT2D eigenvalue weighted by molar-refractivity contribution is 0.227. The molecular weight excluding hydrogens is 292 g/mol. The number of carbonyl (C=O) groups excluding carboxylic acids is 1. The minimum absolute atomic E-state index is 0.00266. The number of aliphatic hydroxyl groups is 1. The standard InChI is InChI=1S/C18H24N2O3/c1-23-16-8-5-14(6-9-16)17(13-3-4-13)20-18(22)19-15-7-2-12(10-15)11-21/h2,5-9,12-13,15,17,21H,3-4,10-11H2,1H3,(H2,19,20,22)/t12-,15+,17?/m0/s1. The van der Waals surface area contributed by atoms with Crippen LogP contribution in [0, 0.1) is 11.8 Å². The smallest absolute Gasteiger partial charge is 0.315 e. The summed E-state index contributed by atoms with van der Waals surface area (Å²) in [5.74, 6) is 1.48. The van der Waals surface area contributed by atoms with Gasteiger partial charge in [0.15, 0.2) is 0 Å². The molecule has 1 aromatic rings. The van der Waals surface area contributed by atoms with E-state index in [9.17, 15) is 4.79 Å². The first-order valence-electron chi connectivity index (χ1n) is 8.19. The normalized spacial score (nSPS) is 24.3. The molecule has 0 saturated heterocycles. The molecule has 3 atom stereocenters. The van der Waals surface area contributed by atoms with E-state index in [2.05, 4.69) is 10.6 Å².